The molecule has 0 spiro atoms. The van der Waals surface area contributed by atoms with Gasteiger partial charge in [0.1, 0.15) is 11.4 Å². The summed E-state index contributed by atoms with van der Waals surface area (Å²) in [4.78, 5) is 16.6. The first kappa shape index (κ1) is 19.4. The number of hydrogen-bond acceptors (Lipinski definition) is 4. The predicted octanol–water partition coefficient (Wildman–Crippen LogP) is 3.98. The molecule has 5 nitrogen and oxygen atoms in total. The van der Waals surface area contributed by atoms with Crippen LogP contribution in [0.1, 0.15) is 27.2 Å². The number of amides is 1. The lowest BCUT2D eigenvalue weighted by molar-refractivity contribution is 0.0949. The van der Waals surface area contributed by atoms with Gasteiger partial charge in [0.25, 0.3) is 5.91 Å². The van der Waals surface area contributed by atoms with E-state index in [2.05, 4.69) is 34.7 Å². The van der Waals surface area contributed by atoms with Gasteiger partial charge in [-0.1, -0.05) is 36.4 Å². The molecule has 0 radical (unpaired) electrons. The molecule has 144 valence electrons. The van der Waals surface area contributed by atoms with Crippen molar-refractivity contribution in [2.75, 3.05) is 19.0 Å². The Morgan fingerprint density at radius 3 is 2.75 bits per heavy atom. The van der Waals surface area contributed by atoms with E-state index < -0.39 is 0 Å². The van der Waals surface area contributed by atoms with Gasteiger partial charge in [0.05, 0.1) is 7.11 Å². The molecule has 28 heavy (non-hydrogen) atoms. The number of methoxy groups -OCH3 is 1. The minimum Gasteiger partial charge on any atom is -0.497 e. The Labute approximate surface area is 165 Å². The number of ether oxygens (including phenoxy) is 1. The first-order valence-electron chi connectivity index (χ1n) is 9.31. The van der Waals surface area contributed by atoms with E-state index >= 15 is 0 Å². The lowest BCUT2D eigenvalue weighted by Gasteiger charge is -2.10. The van der Waals surface area contributed by atoms with Crippen LogP contribution in [0.2, 0.25) is 0 Å². The average Bonchev–Trinajstić information content (AvgIpc) is 2.73. The van der Waals surface area contributed by atoms with Gasteiger partial charge >= 0.3 is 0 Å². The van der Waals surface area contributed by atoms with Gasteiger partial charge in [0.2, 0.25) is 0 Å². The van der Waals surface area contributed by atoms with E-state index in [0.29, 0.717) is 18.8 Å². The van der Waals surface area contributed by atoms with Gasteiger partial charge in [-0.05, 0) is 54.3 Å². The highest BCUT2D eigenvalue weighted by Crippen LogP contribution is 2.14. The first-order valence-corrected chi connectivity index (χ1v) is 9.31. The van der Waals surface area contributed by atoms with Crippen LogP contribution in [0.15, 0.2) is 66.9 Å². The van der Waals surface area contributed by atoms with Crippen LogP contribution in [0, 0.1) is 6.92 Å². The molecule has 0 saturated heterocycles. The van der Waals surface area contributed by atoms with E-state index in [0.717, 1.165) is 23.4 Å². The van der Waals surface area contributed by atoms with Crippen LogP contribution in [0.25, 0.3) is 0 Å². The molecule has 0 aliphatic carbocycles. The van der Waals surface area contributed by atoms with E-state index in [1.54, 1.807) is 19.4 Å². The van der Waals surface area contributed by atoms with E-state index in [1.165, 1.54) is 11.1 Å². The second-order valence-corrected chi connectivity index (χ2v) is 6.57. The summed E-state index contributed by atoms with van der Waals surface area (Å²) in [6.07, 6.45) is 2.38. The molecule has 0 unspecified atom stereocenters. The minimum absolute atomic E-state index is 0.178. The number of aromatic nitrogens is 1. The standard InChI is InChI=1S/C23H25N3O2/c1-17-6-3-4-8-19(17)16-26-20-11-13-24-22(15-20)23(27)25-12-10-18-7-5-9-21(14-18)28-2/h3-9,11,13-15H,10,12,16H2,1-2H3,(H,24,26)(H,25,27). The summed E-state index contributed by atoms with van der Waals surface area (Å²) in [5.41, 5.74) is 4.85. The normalized spacial score (nSPS) is 10.4. The van der Waals surface area contributed by atoms with Crippen molar-refractivity contribution in [2.45, 2.75) is 19.9 Å². The smallest absolute Gasteiger partial charge is 0.269 e. The van der Waals surface area contributed by atoms with Crippen molar-refractivity contribution in [1.82, 2.24) is 10.3 Å². The maximum atomic E-state index is 12.4. The zero-order valence-corrected chi connectivity index (χ0v) is 16.2. The fourth-order valence-corrected chi connectivity index (χ4v) is 2.91. The van der Waals surface area contributed by atoms with Crippen LogP contribution in [0.5, 0.6) is 5.75 Å². The number of rotatable bonds is 8. The van der Waals surface area contributed by atoms with E-state index in [-0.39, 0.29) is 5.91 Å². The monoisotopic (exact) mass is 375 g/mol. The van der Waals surface area contributed by atoms with Gasteiger partial charge in [-0.15, -0.1) is 0 Å². The maximum absolute atomic E-state index is 12.4. The molecule has 0 atom stereocenters. The van der Waals surface area contributed by atoms with Gasteiger partial charge in [0, 0.05) is 25.0 Å². The minimum atomic E-state index is -0.178. The number of carbonyl (C=O) groups is 1. The molecule has 3 aromatic rings. The summed E-state index contributed by atoms with van der Waals surface area (Å²) in [5.74, 6) is 0.639. The zero-order valence-electron chi connectivity index (χ0n) is 16.2. The number of carbonyl (C=O) groups excluding carboxylic acids is 1. The number of nitrogens with one attached hydrogen (secondary N) is 2. The fraction of sp³-hybridized carbons (Fsp3) is 0.217. The molecule has 0 aliphatic rings. The second-order valence-electron chi connectivity index (χ2n) is 6.57. The molecule has 1 heterocycles. The number of anilines is 1. The fourth-order valence-electron chi connectivity index (χ4n) is 2.91. The van der Waals surface area contributed by atoms with Gasteiger partial charge in [0.15, 0.2) is 0 Å². The quantitative estimate of drug-likeness (QED) is 0.625. The van der Waals surface area contributed by atoms with E-state index in [4.69, 9.17) is 4.74 Å². The van der Waals surface area contributed by atoms with Crippen molar-refractivity contribution in [3.8, 4) is 5.75 Å². The third kappa shape index (κ3) is 5.33. The van der Waals surface area contributed by atoms with Gasteiger partial charge in [-0.25, -0.2) is 0 Å². The largest absolute Gasteiger partial charge is 0.497 e. The van der Waals surface area contributed by atoms with Crippen molar-refractivity contribution in [1.29, 1.82) is 0 Å². The Morgan fingerprint density at radius 1 is 1.07 bits per heavy atom. The first-order chi connectivity index (χ1) is 13.7. The Morgan fingerprint density at radius 2 is 1.93 bits per heavy atom. The van der Waals surface area contributed by atoms with E-state index in [1.807, 2.05) is 42.5 Å². The number of aryl methyl sites for hydroxylation is 1. The summed E-state index contributed by atoms with van der Waals surface area (Å²) in [6, 6.07) is 19.7. The SMILES string of the molecule is COc1cccc(CCNC(=O)c2cc(NCc3ccccc3C)ccn2)c1. The topological polar surface area (TPSA) is 63.2 Å². The molecule has 2 aromatic carbocycles. The molecular weight excluding hydrogens is 350 g/mol. The lowest BCUT2D eigenvalue weighted by Crippen LogP contribution is -2.26. The summed E-state index contributed by atoms with van der Waals surface area (Å²) >= 11 is 0. The molecular formula is C23H25N3O2. The molecule has 0 saturated carbocycles. The molecule has 3 rings (SSSR count). The summed E-state index contributed by atoms with van der Waals surface area (Å²) < 4.78 is 5.22. The van der Waals surface area contributed by atoms with Crippen LogP contribution < -0.4 is 15.4 Å². The van der Waals surface area contributed by atoms with E-state index in [9.17, 15) is 4.79 Å². The van der Waals surface area contributed by atoms with Gasteiger partial charge in [-0.2, -0.15) is 0 Å². The Bertz CT molecular complexity index is 940. The molecule has 0 fully saturated rings. The summed E-state index contributed by atoms with van der Waals surface area (Å²) in [7, 11) is 1.65. The molecule has 1 aromatic heterocycles. The van der Waals surface area contributed by atoms with Gasteiger partial charge in [-0.3, -0.25) is 9.78 Å². The zero-order chi connectivity index (χ0) is 19.8. The lowest BCUT2D eigenvalue weighted by atomic mass is 10.1. The van der Waals surface area contributed by atoms with Crippen molar-refractivity contribution in [2.24, 2.45) is 0 Å². The third-order valence-corrected chi connectivity index (χ3v) is 4.57. The number of benzene rings is 2. The van der Waals surface area contributed by atoms with Crippen LogP contribution in [0.3, 0.4) is 0 Å². The summed E-state index contributed by atoms with van der Waals surface area (Å²) in [6.45, 7) is 3.33. The molecule has 2 N–H and O–H groups in total. The van der Waals surface area contributed by atoms with Crippen LogP contribution >= 0.6 is 0 Å². The van der Waals surface area contributed by atoms with Crippen molar-refractivity contribution >= 4 is 11.6 Å². The summed E-state index contributed by atoms with van der Waals surface area (Å²) in [5, 5.41) is 6.28. The van der Waals surface area contributed by atoms with Gasteiger partial charge < -0.3 is 15.4 Å². The van der Waals surface area contributed by atoms with Crippen LogP contribution in [-0.2, 0) is 13.0 Å². The highest BCUT2D eigenvalue weighted by atomic mass is 16.5. The predicted molar refractivity (Wildman–Crippen MR) is 112 cm³/mol. The number of nitrogens with zero attached hydrogens (tertiary/aromatic N) is 1. The Hall–Kier alpha value is -3.34. The Balaban J connectivity index is 1.54. The number of pyridine rings is 1. The van der Waals surface area contributed by atoms with Crippen molar-refractivity contribution < 1.29 is 9.53 Å². The third-order valence-electron chi connectivity index (χ3n) is 4.57. The molecule has 5 heteroatoms. The van der Waals surface area contributed by atoms with Crippen molar-refractivity contribution in [3.63, 3.8) is 0 Å². The van der Waals surface area contributed by atoms with Crippen LogP contribution in [0.4, 0.5) is 5.69 Å². The maximum Gasteiger partial charge on any atom is 0.269 e. The molecule has 0 aliphatic heterocycles. The van der Waals surface area contributed by atoms with Crippen LogP contribution in [-0.4, -0.2) is 24.5 Å². The molecule has 0 bridgehead atoms. The van der Waals surface area contributed by atoms with Crippen molar-refractivity contribution in [3.05, 3.63) is 89.2 Å². The highest BCUT2D eigenvalue weighted by molar-refractivity contribution is 5.93. The second kappa shape index (κ2) is 9.55. The Kier molecular flexibility index (Phi) is 6.63. The highest BCUT2D eigenvalue weighted by Gasteiger charge is 2.08. The molecule has 1 amide bonds. The average molecular weight is 375 g/mol. The number of hydrogen-bond donors (Lipinski definition) is 2.